The monoisotopic (exact) mass is 432 g/mol. The largest absolute Gasteiger partial charge is 0.493 e. The summed E-state index contributed by atoms with van der Waals surface area (Å²) in [6.07, 6.45) is 8.12. The molecule has 32 heavy (non-hydrogen) atoms. The molecule has 2 aromatic heterocycles. The number of nitrogens with zero attached hydrogens (tertiary/aromatic N) is 2. The fourth-order valence-electron chi connectivity index (χ4n) is 4.43. The van der Waals surface area contributed by atoms with E-state index < -0.39 is 0 Å². The Morgan fingerprint density at radius 3 is 2.69 bits per heavy atom. The van der Waals surface area contributed by atoms with E-state index in [0.29, 0.717) is 11.5 Å². The van der Waals surface area contributed by atoms with Crippen LogP contribution >= 0.6 is 0 Å². The van der Waals surface area contributed by atoms with Gasteiger partial charge in [-0.25, -0.2) is 5.01 Å². The fraction of sp³-hybridized carbons (Fsp3) is 0.280. The Balaban J connectivity index is 1.43. The first-order valence-electron chi connectivity index (χ1n) is 10.7. The van der Waals surface area contributed by atoms with E-state index in [1.165, 1.54) is 5.01 Å². The lowest BCUT2D eigenvalue weighted by Gasteiger charge is -2.27. The van der Waals surface area contributed by atoms with Crippen LogP contribution in [0.5, 0.6) is 11.5 Å². The van der Waals surface area contributed by atoms with Gasteiger partial charge in [-0.1, -0.05) is 12.1 Å². The maximum absolute atomic E-state index is 13.3. The predicted octanol–water partition coefficient (Wildman–Crippen LogP) is 5.08. The lowest BCUT2D eigenvalue weighted by molar-refractivity contribution is -0.136. The molecule has 164 valence electrons. The minimum atomic E-state index is -0.297. The van der Waals surface area contributed by atoms with Crippen LogP contribution in [0.15, 0.2) is 80.6 Å². The molecule has 1 fully saturated rings. The molecule has 1 amide bonds. The summed E-state index contributed by atoms with van der Waals surface area (Å²) in [5.41, 5.74) is 2.01. The van der Waals surface area contributed by atoms with Crippen LogP contribution in [0.4, 0.5) is 0 Å². The van der Waals surface area contributed by atoms with Crippen LogP contribution in [-0.4, -0.2) is 30.3 Å². The lowest BCUT2D eigenvalue weighted by atomic mass is 9.79. The van der Waals surface area contributed by atoms with E-state index in [-0.39, 0.29) is 24.5 Å². The zero-order valence-corrected chi connectivity index (χ0v) is 17.8. The summed E-state index contributed by atoms with van der Waals surface area (Å²) in [4.78, 5) is 13.3. The van der Waals surface area contributed by atoms with Gasteiger partial charge in [0.25, 0.3) is 5.91 Å². The molecule has 0 radical (unpaired) electrons. The number of hydrazone groups is 1. The molecule has 3 heterocycles. The molecule has 2 aliphatic rings. The van der Waals surface area contributed by atoms with E-state index in [0.717, 1.165) is 42.1 Å². The second-order valence-electron chi connectivity index (χ2n) is 7.81. The molecule has 5 rings (SSSR count). The van der Waals surface area contributed by atoms with E-state index in [9.17, 15) is 4.79 Å². The van der Waals surface area contributed by atoms with Crippen molar-refractivity contribution >= 4 is 17.7 Å². The fourth-order valence-corrected chi connectivity index (χ4v) is 4.43. The molecule has 3 aromatic rings. The van der Waals surface area contributed by atoms with Crippen molar-refractivity contribution in [3.63, 3.8) is 0 Å². The Bertz CT molecular complexity index is 1130. The summed E-state index contributed by atoms with van der Waals surface area (Å²) in [7, 11) is 1.57. The van der Waals surface area contributed by atoms with Crippen molar-refractivity contribution in [1.29, 1.82) is 0 Å². The highest BCUT2D eigenvalue weighted by Gasteiger charge is 2.45. The Kier molecular flexibility index (Phi) is 5.54. The first-order valence-corrected chi connectivity index (χ1v) is 10.7. The molecule has 0 spiro atoms. The first kappa shape index (κ1) is 20.2. The molecule has 1 aromatic carbocycles. The number of rotatable bonds is 6. The van der Waals surface area contributed by atoms with Gasteiger partial charge in [0.15, 0.2) is 18.1 Å². The average Bonchev–Trinajstić information content (AvgIpc) is 3.58. The molecule has 0 bridgehead atoms. The van der Waals surface area contributed by atoms with Crippen molar-refractivity contribution < 1.29 is 23.1 Å². The number of para-hydroxylation sites is 2. The van der Waals surface area contributed by atoms with Gasteiger partial charge in [-0.3, -0.25) is 4.79 Å². The molecule has 1 saturated carbocycles. The highest BCUT2D eigenvalue weighted by molar-refractivity contribution is 6.08. The normalized spacial score (nSPS) is 21.3. The van der Waals surface area contributed by atoms with E-state index in [4.69, 9.17) is 23.4 Å². The number of benzene rings is 1. The number of carbonyl (C=O) groups is 1. The predicted molar refractivity (Wildman–Crippen MR) is 118 cm³/mol. The summed E-state index contributed by atoms with van der Waals surface area (Å²) < 4.78 is 22.3. The van der Waals surface area contributed by atoms with Crippen LogP contribution in [0, 0.1) is 5.92 Å². The standard InChI is InChI=1S/C25H24N2O5/c1-29-20-10-2-3-11-21(20)32-16-23(28)27-25(22-12-6-14-31-22)19-9-4-7-17(24(19)26-27)15-18-8-5-13-30-18/h2-3,5-6,8,10-15,19,25H,4,7,9,16H2,1H3/b17-15-. The molecule has 0 saturated heterocycles. The third-order valence-electron chi connectivity index (χ3n) is 5.87. The number of methoxy groups -OCH3 is 1. The van der Waals surface area contributed by atoms with Crippen LogP contribution in [0.1, 0.15) is 36.8 Å². The smallest absolute Gasteiger partial charge is 0.281 e. The van der Waals surface area contributed by atoms with Crippen molar-refractivity contribution in [1.82, 2.24) is 5.01 Å². The quantitative estimate of drug-likeness (QED) is 0.543. The molecule has 7 nitrogen and oxygen atoms in total. The number of furan rings is 2. The topological polar surface area (TPSA) is 77.4 Å². The molecular formula is C25H24N2O5. The summed E-state index contributed by atoms with van der Waals surface area (Å²) in [6, 6.07) is 14.5. The molecule has 1 aliphatic carbocycles. The number of allylic oxidation sites excluding steroid dienone is 1. The lowest BCUT2D eigenvalue weighted by Crippen LogP contribution is -2.34. The highest BCUT2D eigenvalue weighted by Crippen LogP contribution is 2.44. The van der Waals surface area contributed by atoms with E-state index in [1.807, 2.05) is 42.5 Å². The van der Waals surface area contributed by atoms with Crippen LogP contribution in [0.3, 0.4) is 0 Å². The van der Waals surface area contributed by atoms with Gasteiger partial charge in [-0.15, -0.1) is 0 Å². The summed E-state index contributed by atoms with van der Waals surface area (Å²) in [6.45, 7) is -0.154. The van der Waals surface area contributed by atoms with E-state index in [1.54, 1.807) is 31.8 Å². The molecule has 2 unspecified atom stereocenters. The maximum atomic E-state index is 13.3. The number of amides is 1. The Morgan fingerprint density at radius 2 is 1.94 bits per heavy atom. The third kappa shape index (κ3) is 3.82. The van der Waals surface area contributed by atoms with Crippen molar-refractivity contribution in [2.24, 2.45) is 11.0 Å². The minimum absolute atomic E-state index is 0.0614. The molecular weight excluding hydrogens is 408 g/mol. The molecule has 1 aliphatic heterocycles. The maximum Gasteiger partial charge on any atom is 0.281 e. The zero-order valence-electron chi connectivity index (χ0n) is 17.8. The zero-order chi connectivity index (χ0) is 21.9. The van der Waals surface area contributed by atoms with E-state index in [2.05, 4.69) is 0 Å². The van der Waals surface area contributed by atoms with Crippen molar-refractivity contribution in [3.8, 4) is 11.5 Å². The SMILES string of the molecule is COc1ccccc1OCC(=O)N1N=C2/C(=C\c3ccco3)CCCC2C1c1ccco1. The van der Waals surface area contributed by atoms with Gasteiger partial charge in [0.1, 0.15) is 17.6 Å². The number of hydrogen-bond acceptors (Lipinski definition) is 6. The van der Waals surface area contributed by atoms with Gasteiger partial charge in [-0.05, 0) is 67.3 Å². The van der Waals surface area contributed by atoms with Crippen molar-refractivity contribution in [2.45, 2.75) is 25.3 Å². The molecule has 7 heteroatoms. The van der Waals surface area contributed by atoms with Crippen LogP contribution < -0.4 is 9.47 Å². The third-order valence-corrected chi connectivity index (χ3v) is 5.87. The second-order valence-corrected chi connectivity index (χ2v) is 7.81. The number of ether oxygens (including phenoxy) is 2. The van der Waals surface area contributed by atoms with Crippen molar-refractivity contribution in [2.75, 3.05) is 13.7 Å². The number of fused-ring (bicyclic) bond motifs is 1. The Hall–Kier alpha value is -3.74. The van der Waals surface area contributed by atoms with Crippen LogP contribution in [0.25, 0.3) is 6.08 Å². The average molecular weight is 432 g/mol. The van der Waals surface area contributed by atoms with Gasteiger partial charge >= 0.3 is 0 Å². The van der Waals surface area contributed by atoms with E-state index >= 15 is 0 Å². The van der Waals surface area contributed by atoms with Crippen LogP contribution in [-0.2, 0) is 4.79 Å². The van der Waals surface area contributed by atoms with Crippen LogP contribution in [0.2, 0.25) is 0 Å². The second kappa shape index (κ2) is 8.78. The number of carbonyl (C=O) groups excluding carboxylic acids is 1. The Morgan fingerprint density at radius 1 is 1.12 bits per heavy atom. The van der Waals surface area contributed by atoms with Gasteiger partial charge in [-0.2, -0.15) is 5.10 Å². The van der Waals surface area contributed by atoms with Gasteiger partial charge in [0.2, 0.25) is 0 Å². The first-order chi connectivity index (χ1) is 15.7. The van der Waals surface area contributed by atoms with Gasteiger partial charge in [0, 0.05) is 5.92 Å². The highest BCUT2D eigenvalue weighted by atomic mass is 16.5. The molecule has 0 N–H and O–H groups in total. The van der Waals surface area contributed by atoms with Gasteiger partial charge < -0.3 is 18.3 Å². The Labute approximate surface area is 185 Å². The summed E-state index contributed by atoms with van der Waals surface area (Å²) >= 11 is 0. The van der Waals surface area contributed by atoms with Crippen molar-refractivity contribution in [3.05, 3.63) is 78.2 Å². The summed E-state index contributed by atoms with van der Waals surface area (Å²) in [5.74, 6) is 2.41. The molecule has 2 atom stereocenters. The summed E-state index contributed by atoms with van der Waals surface area (Å²) in [5, 5.41) is 6.31. The number of hydrogen-bond donors (Lipinski definition) is 0. The minimum Gasteiger partial charge on any atom is -0.493 e. The van der Waals surface area contributed by atoms with Gasteiger partial charge in [0.05, 0.1) is 25.3 Å².